The third-order valence-corrected chi connectivity index (χ3v) is 5.50. The number of nitrogens with one attached hydrogen (secondary N) is 1. The van der Waals surface area contributed by atoms with Crippen LogP contribution in [0.4, 0.5) is 9.52 Å². The number of rotatable bonds is 6. The molecule has 0 aliphatic heterocycles. The van der Waals surface area contributed by atoms with Gasteiger partial charge < -0.3 is 9.73 Å². The Morgan fingerprint density at radius 3 is 2.59 bits per heavy atom. The number of aryl methyl sites for hydroxylation is 1. The number of hydrogen-bond donors (Lipinski definition) is 1. The Labute approximate surface area is 174 Å². The maximum absolute atomic E-state index is 13.0. The van der Waals surface area contributed by atoms with E-state index in [4.69, 9.17) is 4.42 Å². The van der Waals surface area contributed by atoms with Gasteiger partial charge in [-0.05, 0) is 31.2 Å². The van der Waals surface area contributed by atoms with Gasteiger partial charge in [0.15, 0.2) is 5.13 Å². The molecule has 0 saturated carbocycles. The molecule has 9 heteroatoms. The fourth-order valence-corrected chi connectivity index (χ4v) is 3.75. The van der Waals surface area contributed by atoms with Gasteiger partial charge in [-0.25, -0.2) is 9.37 Å². The van der Waals surface area contributed by atoms with Crippen LogP contribution in [0.1, 0.15) is 5.56 Å². The second-order valence-electron chi connectivity index (χ2n) is 6.12. The second-order valence-corrected chi connectivity index (χ2v) is 7.91. The third kappa shape index (κ3) is 4.87. The molecule has 0 radical (unpaired) electrons. The number of hydrogen-bond acceptors (Lipinski definition) is 7. The zero-order chi connectivity index (χ0) is 20.2. The van der Waals surface area contributed by atoms with E-state index in [0.717, 1.165) is 23.0 Å². The van der Waals surface area contributed by atoms with Gasteiger partial charge in [0.25, 0.3) is 5.22 Å². The number of carbonyl (C=O) groups excluding carboxylic acids is 1. The van der Waals surface area contributed by atoms with E-state index in [0.29, 0.717) is 10.7 Å². The van der Waals surface area contributed by atoms with E-state index >= 15 is 0 Å². The van der Waals surface area contributed by atoms with Crippen molar-refractivity contribution in [3.63, 3.8) is 0 Å². The molecule has 2 aromatic carbocycles. The number of nitrogens with zero attached hydrogens (tertiary/aromatic N) is 3. The van der Waals surface area contributed by atoms with E-state index in [9.17, 15) is 9.18 Å². The van der Waals surface area contributed by atoms with Gasteiger partial charge in [-0.2, -0.15) is 0 Å². The van der Waals surface area contributed by atoms with Crippen LogP contribution in [0, 0.1) is 12.7 Å². The minimum atomic E-state index is -0.341. The smallest absolute Gasteiger partial charge is 0.277 e. The summed E-state index contributed by atoms with van der Waals surface area (Å²) in [6.45, 7) is 2.03. The molecule has 0 saturated heterocycles. The predicted molar refractivity (Wildman–Crippen MR) is 111 cm³/mol. The molecule has 6 nitrogen and oxygen atoms in total. The minimum absolute atomic E-state index is 0.102. The normalized spacial score (nSPS) is 10.8. The summed E-state index contributed by atoms with van der Waals surface area (Å²) >= 11 is 2.49. The zero-order valence-corrected chi connectivity index (χ0v) is 16.9. The highest BCUT2D eigenvalue weighted by Crippen LogP contribution is 2.26. The molecular weight excluding hydrogens is 411 g/mol. The number of anilines is 1. The van der Waals surface area contributed by atoms with Crippen LogP contribution in [0.2, 0.25) is 0 Å². The fourth-order valence-electron chi connectivity index (χ4n) is 2.45. The number of aromatic nitrogens is 3. The first-order chi connectivity index (χ1) is 14.1. The summed E-state index contributed by atoms with van der Waals surface area (Å²) in [4.78, 5) is 16.6. The SMILES string of the molecule is Cc1ccc(-c2csc(NC(=O)CSc3nnc(-c4ccc(F)cc4)o3)n2)cc1. The van der Waals surface area contributed by atoms with Crippen LogP contribution in [-0.4, -0.2) is 26.8 Å². The molecular formula is C20H15FN4O2S2. The molecule has 0 unspecified atom stereocenters. The highest BCUT2D eigenvalue weighted by atomic mass is 32.2. The Balaban J connectivity index is 1.33. The van der Waals surface area contributed by atoms with Crippen molar-refractivity contribution >= 4 is 34.1 Å². The minimum Gasteiger partial charge on any atom is -0.411 e. The lowest BCUT2D eigenvalue weighted by Gasteiger charge is -2.00. The monoisotopic (exact) mass is 426 g/mol. The lowest BCUT2D eigenvalue weighted by Crippen LogP contribution is -2.13. The number of thioether (sulfide) groups is 1. The molecule has 0 fully saturated rings. The van der Waals surface area contributed by atoms with Gasteiger partial charge in [0.2, 0.25) is 11.8 Å². The van der Waals surface area contributed by atoms with Crippen LogP contribution in [0.3, 0.4) is 0 Å². The number of amides is 1. The fraction of sp³-hybridized carbons (Fsp3) is 0.100. The molecule has 1 amide bonds. The maximum atomic E-state index is 13.0. The Kier molecular flexibility index (Phi) is 5.68. The Morgan fingerprint density at radius 1 is 1.10 bits per heavy atom. The van der Waals surface area contributed by atoms with Crippen molar-refractivity contribution in [2.24, 2.45) is 0 Å². The summed E-state index contributed by atoms with van der Waals surface area (Å²) in [7, 11) is 0. The number of halogens is 1. The van der Waals surface area contributed by atoms with Crippen LogP contribution in [0.5, 0.6) is 0 Å². The van der Waals surface area contributed by atoms with Crippen LogP contribution in [0.15, 0.2) is 63.6 Å². The van der Waals surface area contributed by atoms with E-state index < -0.39 is 0 Å². The zero-order valence-electron chi connectivity index (χ0n) is 15.3. The van der Waals surface area contributed by atoms with Crippen molar-refractivity contribution in [1.29, 1.82) is 0 Å². The quantitative estimate of drug-likeness (QED) is 0.435. The van der Waals surface area contributed by atoms with Crippen molar-refractivity contribution in [3.05, 3.63) is 65.3 Å². The number of carbonyl (C=O) groups is 1. The van der Waals surface area contributed by atoms with Crippen LogP contribution in [0.25, 0.3) is 22.7 Å². The van der Waals surface area contributed by atoms with Gasteiger partial charge in [0.1, 0.15) is 5.82 Å². The number of benzene rings is 2. The van der Waals surface area contributed by atoms with E-state index in [-0.39, 0.29) is 28.6 Å². The van der Waals surface area contributed by atoms with E-state index in [1.165, 1.54) is 29.0 Å². The molecule has 0 spiro atoms. The third-order valence-electron chi connectivity index (χ3n) is 3.92. The summed E-state index contributed by atoms with van der Waals surface area (Å²) in [6.07, 6.45) is 0. The van der Waals surface area contributed by atoms with Crippen molar-refractivity contribution in [1.82, 2.24) is 15.2 Å². The Hall–Kier alpha value is -3.04. The first kappa shape index (κ1) is 19.3. The van der Waals surface area contributed by atoms with E-state index in [1.807, 2.05) is 36.6 Å². The lowest BCUT2D eigenvalue weighted by atomic mass is 10.1. The second kappa shape index (κ2) is 8.54. The van der Waals surface area contributed by atoms with Crippen molar-refractivity contribution < 1.29 is 13.6 Å². The highest BCUT2D eigenvalue weighted by molar-refractivity contribution is 7.99. The van der Waals surface area contributed by atoms with Gasteiger partial charge in [0.05, 0.1) is 11.4 Å². The molecule has 4 aromatic rings. The first-order valence-corrected chi connectivity index (χ1v) is 10.5. The molecule has 1 N–H and O–H groups in total. The molecule has 146 valence electrons. The van der Waals surface area contributed by atoms with Crippen molar-refractivity contribution in [2.75, 3.05) is 11.1 Å². The molecule has 2 heterocycles. The summed E-state index contributed by atoms with van der Waals surface area (Å²) in [5, 5.41) is 13.3. The average Bonchev–Trinajstić information content (AvgIpc) is 3.37. The first-order valence-electron chi connectivity index (χ1n) is 8.61. The van der Waals surface area contributed by atoms with Gasteiger partial charge in [0, 0.05) is 16.5 Å². The van der Waals surface area contributed by atoms with Gasteiger partial charge in [-0.3, -0.25) is 4.79 Å². The largest absolute Gasteiger partial charge is 0.411 e. The lowest BCUT2D eigenvalue weighted by molar-refractivity contribution is -0.113. The van der Waals surface area contributed by atoms with Gasteiger partial charge in [-0.1, -0.05) is 41.6 Å². The van der Waals surface area contributed by atoms with Crippen LogP contribution >= 0.6 is 23.1 Å². The molecule has 4 rings (SSSR count). The molecule has 0 atom stereocenters. The topological polar surface area (TPSA) is 80.9 Å². The molecule has 0 aliphatic rings. The molecule has 2 aromatic heterocycles. The number of thiazole rings is 1. The summed E-state index contributed by atoms with van der Waals surface area (Å²) < 4.78 is 18.5. The molecule has 0 bridgehead atoms. The van der Waals surface area contributed by atoms with Crippen molar-refractivity contribution in [2.45, 2.75) is 12.1 Å². The molecule has 0 aliphatic carbocycles. The van der Waals surface area contributed by atoms with E-state index in [1.54, 1.807) is 12.1 Å². The standard InChI is InChI=1S/C20H15FN4O2S2/c1-12-2-4-13(5-3-12)16-10-28-19(22-16)23-17(26)11-29-20-25-24-18(27-20)14-6-8-15(21)9-7-14/h2-10H,11H2,1H3,(H,22,23,26). The maximum Gasteiger partial charge on any atom is 0.277 e. The predicted octanol–water partition coefficient (Wildman–Crippen LogP) is 5.04. The highest BCUT2D eigenvalue weighted by Gasteiger charge is 2.13. The van der Waals surface area contributed by atoms with Gasteiger partial charge >= 0.3 is 0 Å². The average molecular weight is 426 g/mol. The Morgan fingerprint density at radius 2 is 1.83 bits per heavy atom. The van der Waals surface area contributed by atoms with Crippen LogP contribution < -0.4 is 5.32 Å². The van der Waals surface area contributed by atoms with Crippen LogP contribution in [-0.2, 0) is 4.79 Å². The summed E-state index contributed by atoms with van der Waals surface area (Å²) in [6, 6.07) is 13.8. The van der Waals surface area contributed by atoms with E-state index in [2.05, 4.69) is 20.5 Å². The van der Waals surface area contributed by atoms with Gasteiger partial charge in [-0.15, -0.1) is 21.5 Å². The van der Waals surface area contributed by atoms with Crippen molar-refractivity contribution in [3.8, 4) is 22.7 Å². The Bertz CT molecular complexity index is 1120. The summed E-state index contributed by atoms with van der Waals surface area (Å²) in [5.41, 5.74) is 3.61. The molecule has 29 heavy (non-hydrogen) atoms. The summed E-state index contributed by atoms with van der Waals surface area (Å²) in [5.74, 6) is -0.186.